The molecule has 0 bridgehead atoms. The van der Waals surface area contributed by atoms with Crippen molar-refractivity contribution < 1.29 is 23.0 Å². The molecular weight excluding hydrogens is 245 g/mol. The topological polar surface area (TPSA) is 29.5 Å². The molecule has 0 heterocycles. The molecule has 1 aliphatic rings. The predicted molar refractivity (Wildman–Crippen MR) is 60.3 cm³/mol. The summed E-state index contributed by atoms with van der Waals surface area (Å²) in [4.78, 5) is 0. The first-order chi connectivity index (χ1) is 8.47. The Morgan fingerprint density at radius 2 is 1.83 bits per heavy atom. The maximum absolute atomic E-state index is 12.3. The number of ether oxygens (including phenoxy) is 1. The molecule has 1 unspecified atom stereocenters. The molecule has 0 saturated heterocycles. The molecule has 1 fully saturated rings. The molecule has 1 aromatic rings. The second-order valence-electron chi connectivity index (χ2n) is 4.59. The van der Waals surface area contributed by atoms with Gasteiger partial charge in [-0.05, 0) is 43.0 Å². The Morgan fingerprint density at radius 3 is 2.28 bits per heavy atom. The smallest absolute Gasteiger partial charge is 0.416 e. The van der Waals surface area contributed by atoms with Crippen LogP contribution < -0.4 is 4.74 Å². The van der Waals surface area contributed by atoms with Gasteiger partial charge in [0.1, 0.15) is 12.4 Å². The Balaban J connectivity index is 1.86. The summed E-state index contributed by atoms with van der Waals surface area (Å²) in [7, 11) is 0. The van der Waals surface area contributed by atoms with Crippen LogP contribution in [0, 0.1) is 5.92 Å². The third-order valence-electron chi connectivity index (χ3n) is 3.30. The van der Waals surface area contributed by atoms with E-state index in [1.165, 1.54) is 12.1 Å². The van der Waals surface area contributed by atoms with Gasteiger partial charge in [0.15, 0.2) is 0 Å². The molecule has 1 saturated carbocycles. The summed E-state index contributed by atoms with van der Waals surface area (Å²) in [5.74, 6) is 0.626. The summed E-state index contributed by atoms with van der Waals surface area (Å²) in [6.45, 7) is 0.135. The van der Waals surface area contributed by atoms with E-state index in [4.69, 9.17) is 4.74 Å². The number of hydrogen-bond donors (Lipinski definition) is 1. The first kappa shape index (κ1) is 13.2. The Kier molecular flexibility index (Phi) is 3.80. The van der Waals surface area contributed by atoms with E-state index in [9.17, 15) is 18.3 Å². The van der Waals surface area contributed by atoms with Crippen LogP contribution in [0.5, 0.6) is 5.75 Å². The predicted octanol–water partition coefficient (Wildman–Crippen LogP) is 3.25. The van der Waals surface area contributed by atoms with Gasteiger partial charge in [-0.3, -0.25) is 0 Å². The van der Waals surface area contributed by atoms with Gasteiger partial charge >= 0.3 is 6.18 Å². The fourth-order valence-electron chi connectivity index (χ4n) is 1.88. The average molecular weight is 260 g/mol. The van der Waals surface area contributed by atoms with Crippen LogP contribution in [-0.4, -0.2) is 17.8 Å². The van der Waals surface area contributed by atoms with Crippen LogP contribution in [0.3, 0.4) is 0 Å². The number of alkyl halides is 3. The fraction of sp³-hybridized carbons (Fsp3) is 0.538. The van der Waals surface area contributed by atoms with Gasteiger partial charge in [-0.1, -0.05) is 6.42 Å². The minimum absolute atomic E-state index is 0.135. The summed E-state index contributed by atoms with van der Waals surface area (Å²) in [6, 6.07) is 4.50. The van der Waals surface area contributed by atoms with Crippen molar-refractivity contribution in [2.45, 2.75) is 31.5 Å². The first-order valence-corrected chi connectivity index (χ1v) is 5.95. The van der Waals surface area contributed by atoms with E-state index in [-0.39, 0.29) is 12.5 Å². The molecule has 1 aromatic carbocycles. The van der Waals surface area contributed by atoms with Crippen LogP contribution in [0.25, 0.3) is 0 Å². The maximum Gasteiger partial charge on any atom is 0.416 e. The largest absolute Gasteiger partial charge is 0.491 e. The monoisotopic (exact) mass is 260 g/mol. The lowest BCUT2D eigenvalue weighted by molar-refractivity contribution is -0.137. The van der Waals surface area contributed by atoms with Gasteiger partial charge in [-0.2, -0.15) is 13.2 Å². The molecule has 2 nitrogen and oxygen atoms in total. The normalized spacial score (nSPS) is 18.2. The minimum Gasteiger partial charge on any atom is -0.491 e. The van der Waals surface area contributed by atoms with Gasteiger partial charge in [-0.25, -0.2) is 0 Å². The summed E-state index contributed by atoms with van der Waals surface area (Å²) in [6.07, 6.45) is -1.73. The molecular formula is C13H15F3O2. The Bertz CT molecular complexity index is 382. The number of benzene rings is 1. The SMILES string of the molecule is OC(COc1ccc(C(F)(F)F)cc1)C1CCC1. The van der Waals surface area contributed by atoms with Crippen LogP contribution in [0.4, 0.5) is 13.2 Å². The van der Waals surface area contributed by atoms with Crippen LogP contribution in [0.2, 0.25) is 0 Å². The van der Waals surface area contributed by atoms with Gasteiger partial charge < -0.3 is 9.84 Å². The minimum atomic E-state index is -4.33. The van der Waals surface area contributed by atoms with Crippen molar-refractivity contribution in [3.63, 3.8) is 0 Å². The van der Waals surface area contributed by atoms with Gasteiger partial charge in [0, 0.05) is 0 Å². The molecule has 0 amide bonds. The number of halogens is 3. The van der Waals surface area contributed by atoms with E-state index in [1.807, 2.05) is 0 Å². The quantitative estimate of drug-likeness (QED) is 0.900. The molecule has 100 valence electrons. The lowest BCUT2D eigenvalue weighted by Gasteiger charge is -2.30. The maximum atomic E-state index is 12.3. The standard InChI is InChI=1S/C13H15F3O2/c14-13(15,16)10-4-6-11(7-5-10)18-8-12(17)9-2-1-3-9/h4-7,9,12,17H,1-3,8H2. The van der Waals surface area contributed by atoms with Gasteiger partial charge in [0.25, 0.3) is 0 Å². The van der Waals surface area contributed by atoms with Crippen molar-refractivity contribution >= 4 is 0 Å². The highest BCUT2D eigenvalue weighted by atomic mass is 19.4. The number of hydrogen-bond acceptors (Lipinski definition) is 2. The summed E-state index contributed by atoms with van der Waals surface area (Å²) < 4.78 is 42.2. The average Bonchev–Trinajstić information content (AvgIpc) is 2.23. The molecule has 18 heavy (non-hydrogen) atoms. The highest BCUT2D eigenvalue weighted by Gasteiger charge is 2.30. The van der Waals surface area contributed by atoms with Gasteiger partial charge in [0.2, 0.25) is 0 Å². The number of aliphatic hydroxyl groups excluding tert-OH is 1. The van der Waals surface area contributed by atoms with E-state index in [0.717, 1.165) is 31.4 Å². The van der Waals surface area contributed by atoms with Crippen molar-refractivity contribution in [3.8, 4) is 5.75 Å². The zero-order valence-corrected chi connectivity index (χ0v) is 9.78. The molecule has 0 radical (unpaired) electrons. The Morgan fingerprint density at radius 1 is 1.22 bits per heavy atom. The molecule has 0 spiro atoms. The molecule has 1 N–H and O–H groups in total. The van der Waals surface area contributed by atoms with E-state index in [1.54, 1.807) is 0 Å². The number of rotatable bonds is 4. The van der Waals surface area contributed by atoms with Gasteiger partial charge in [0.05, 0.1) is 11.7 Å². The zero-order chi connectivity index (χ0) is 13.2. The third-order valence-corrected chi connectivity index (χ3v) is 3.30. The fourth-order valence-corrected chi connectivity index (χ4v) is 1.88. The zero-order valence-electron chi connectivity index (χ0n) is 9.78. The van der Waals surface area contributed by atoms with Crippen molar-refractivity contribution in [1.29, 1.82) is 0 Å². The second kappa shape index (κ2) is 5.18. The van der Waals surface area contributed by atoms with Crippen LogP contribution in [-0.2, 0) is 6.18 Å². The third kappa shape index (κ3) is 3.16. The van der Waals surface area contributed by atoms with Gasteiger partial charge in [-0.15, -0.1) is 0 Å². The van der Waals surface area contributed by atoms with Crippen molar-refractivity contribution in [2.75, 3.05) is 6.61 Å². The summed E-state index contributed by atoms with van der Waals surface area (Å²) >= 11 is 0. The van der Waals surface area contributed by atoms with Crippen LogP contribution in [0.1, 0.15) is 24.8 Å². The van der Waals surface area contributed by atoms with Crippen LogP contribution in [0.15, 0.2) is 24.3 Å². The lowest BCUT2D eigenvalue weighted by Crippen LogP contribution is -2.31. The highest BCUT2D eigenvalue weighted by molar-refractivity contribution is 5.28. The van der Waals surface area contributed by atoms with E-state index in [0.29, 0.717) is 5.75 Å². The molecule has 0 aliphatic heterocycles. The summed E-state index contributed by atoms with van der Waals surface area (Å²) in [5.41, 5.74) is -0.700. The Labute approximate surface area is 103 Å². The molecule has 0 aromatic heterocycles. The van der Waals surface area contributed by atoms with E-state index >= 15 is 0 Å². The highest BCUT2D eigenvalue weighted by Crippen LogP contribution is 2.31. The van der Waals surface area contributed by atoms with E-state index < -0.39 is 17.8 Å². The van der Waals surface area contributed by atoms with Crippen molar-refractivity contribution in [3.05, 3.63) is 29.8 Å². The number of aliphatic hydroxyl groups is 1. The second-order valence-corrected chi connectivity index (χ2v) is 4.59. The molecule has 1 aliphatic carbocycles. The molecule has 5 heteroatoms. The summed E-state index contributed by atoms with van der Waals surface area (Å²) in [5, 5.41) is 9.71. The lowest BCUT2D eigenvalue weighted by atomic mass is 9.81. The molecule has 1 atom stereocenters. The first-order valence-electron chi connectivity index (χ1n) is 5.95. The Hall–Kier alpha value is -1.23. The van der Waals surface area contributed by atoms with Crippen molar-refractivity contribution in [1.82, 2.24) is 0 Å². The van der Waals surface area contributed by atoms with Crippen molar-refractivity contribution in [2.24, 2.45) is 5.92 Å². The van der Waals surface area contributed by atoms with Crippen LogP contribution >= 0.6 is 0 Å². The molecule has 2 rings (SSSR count). The van der Waals surface area contributed by atoms with E-state index in [2.05, 4.69) is 0 Å².